The smallest absolute Gasteiger partial charge is 0.325 e. The van der Waals surface area contributed by atoms with Crippen molar-refractivity contribution in [1.82, 2.24) is 21.3 Å². The van der Waals surface area contributed by atoms with Crippen LogP contribution in [0.4, 0.5) is 0 Å². The van der Waals surface area contributed by atoms with Crippen molar-refractivity contribution in [3.8, 4) is 0 Å². The molecule has 0 bridgehead atoms. The topological polar surface area (TPSA) is 171 Å². The first kappa shape index (κ1) is 28.2. The molecule has 0 aromatic rings. The molecule has 11 nitrogen and oxygen atoms in total. The lowest BCUT2D eigenvalue weighted by Crippen LogP contribution is -2.47. The highest BCUT2D eigenvalue weighted by atomic mass is 16.4. The van der Waals surface area contributed by atoms with E-state index in [0.717, 1.165) is 0 Å². The third-order valence-electron chi connectivity index (χ3n) is 3.40. The number of nitrogens with one attached hydrogen (secondary N) is 4. The summed E-state index contributed by atoms with van der Waals surface area (Å²) in [6.45, 7) is 9.01. The Morgan fingerprint density at radius 2 is 1.07 bits per heavy atom. The Hall–Kier alpha value is -2.98. The summed E-state index contributed by atoms with van der Waals surface area (Å²) >= 11 is 0. The van der Waals surface area contributed by atoms with Crippen LogP contribution in [-0.2, 0) is 28.8 Å². The van der Waals surface area contributed by atoms with Crippen LogP contribution in [0.3, 0.4) is 0 Å². The molecule has 0 heterocycles. The third-order valence-corrected chi connectivity index (χ3v) is 3.40. The van der Waals surface area contributed by atoms with E-state index < -0.39 is 36.3 Å². The van der Waals surface area contributed by atoms with Gasteiger partial charge in [0, 0.05) is 11.8 Å². The SMILES string of the molecule is CC(=O)C(C)C.CC(C)C(=O)NCC(=O)NCC(=O)NCC(=O)NC(C)C(=O)O. The van der Waals surface area contributed by atoms with Crippen LogP contribution in [0.25, 0.3) is 0 Å². The van der Waals surface area contributed by atoms with Crippen molar-refractivity contribution in [1.29, 1.82) is 0 Å². The second kappa shape index (κ2) is 15.0. The second-order valence-corrected chi connectivity index (χ2v) is 6.82. The van der Waals surface area contributed by atoms with Gasteiger partial charge in [-0.25, -0.2) is 0 Å². The van der Waals surface area contributed by atoms with E-state index >= 15 is 0 Å². The number of ketones is 1. The number of Topliss-reactive ketones (excluding diaryl/α,β-unsaturated/α-hetero) is 1. The lowest BCUT2D eigenvalue weighted by molar-refractivity contribution is -0.141. The molecule has 5 N–H and O–H groups in total. The molecule has 0 spiro atoms. The highest BCUT2D eigenvalue weighted by Gasteiger charge is 2.14. The molecule has 166 valence electrons. The summed E-state index contributed by atoms with van der Waals surface area (Å²) in [6, 6.07) is -1.07. The van der Waals surface area contributed by atoms with Gasteiger partial charge in [0.15, 0.2) is 0 Å². The van der Waals surface area contributed by atoms with Crippen LogP contribution < -0.4 is 21.3 Å². The minimum absolute atomic E-state index is 0.213. The van der Waals surface area contributed by atoms with Crippen LogP contribution in [0.1, 0.15) is 41.5 Å². The Kier molecular flexibility index (Phi) is 14.6. The number of carboxylic acid groups (broad SMARTS) is 1. The van der Waals surface area contributed by atoms with Crippen LogP contribution in [0, 0.1) is 11.8 Å². The summed E-state index contributed by atoms with van der Waals surface area (Å²) < 4.78 is 0. The highest BCUT2D eigenvalue weighted by Crippen LogP contribution is 1.90. The van der Waals surface area contributed by atoms with Gasteiger partial charge in [-0.15, -0.1) is 0 Å². The van der Waals surface area contributed by atoms with E-state index in [1.807, 2.05) is 13.8 Å². The van der Waals surface area contributed by atoms with Gasteiger partial charge in [-0.1, -0.05) is 27.7 Å². The number of rotatable bonds is 10. The standard InChI is InChI=1S/C13H22N4O6.C5H10O/c1-7(2)12(21)16-5-10(19)14-4-9(18)15-6-11(20)17-8(3)13(22)23;1-4(2)5(3)6/h7-8H,4-6H2,1-3H3,(H,14,19)(H,15,18)(H,16,21)(H,17,20)(H,22,23);4H,1-3H3. The number of carboxylic acids is 1. The van der Waals surface area contributed by atoms with Crippen molar-refractivity contribution < 1.29 is 33.9 Å². The quantitative estimate of drug-likeness (QED) is 0.298. The predicted octanol–water partition coefficient (Wildman–Crippen LogP) is -1.19. The van der Waals surface area contributed by atoms with Gasteiger partial charge in [0.2, 0.25) is 23.6 Å². The first-order chi connectivity index (χ1) is 13.3. The Bertz CT molecular complexity index is 603. The number of carbonyl (C=O) groups excluding carboxylic acids is 5. The fourth-order valence-electron chi connectivity index (χ4n) is 1.21. The van der Waals surface area contributed by atoms with Crippen LogP contribution in [0.15, 0.2) is 0 Å². The molecule has 29 heavy (non-hydrogen) atoms. The minimum Gasteiger partial charge on any atom is -0.480 e. The average molecular weight is 416 g/mol. The molecule has 0 aromatic heterocycles. The van der Waals surface area contributed by atoms with E-state index in [0.29, 0.717) is 0 Å². The van der Waals surface area contributed by atoms with Crippen molar-refractivity contribution in [3.05, 3.63) is 0 Å². The molecular weight excluding hydrogens is 384 g/mol. The summed E-state index contributed by atoms with van der Waals surface area (Å²) in [5, 5.41) is 17.6. The van der Waals surface area contributed by atoms with E-state index in [9.17, 15) is 28.8 Å². The number of hydrogen-bond acceptors (Lipinski definition) is 6. The maximum Gasteiger partial charge on any atom is 0.325 e. The number of carbonyl (C=O) groups is 6. The zero-order valence-electron chi connectivity index (χ0n) is 17.8. The van der Waals surface area contributed by atoms with Gasteiger partial charge in [0.25, 0.3) is 0 Å². The van der Waals surface area contributed by atoms with E-state index in [1.165, 1.54) is 6.92 Å². The molecule has 1 atom stereocenters. The molecule has 11 heteroatoms. The van der Waals surface area contributed by atoms with Gasteiger partial charge < -0.3 is 26.4 Å². The molecule has 0 aliphatic rings. The monoisotopic (exact) mass is 416 g/mol. The summed E-state index contributed by atoms with van der Waals surface area (Å²) in [5.74, 6) is -3.08. The molecule has 0 aromatic carbocycles. The third kappa shape index (κ3) is 16.9. The van der Waals surface area contributed by atoms with E-state index in [4.69, 9.17) is 5.11 Å². The van der Waals surface area contributed by atoms with Crippen molar-refractivity contribution >= 4 is 35.4 Å². The summed E-state index contributed by atoms with van der Waals surface area (Å²) in [7, 11) is 0. The summed E-state index contributed by atoms with van der Waals surface area (Å²) in [4.78, 5) is 66.0. The van der Waals surface area contributed by atoms with Crippen molar-refractivity contribution in [2.45, 2.75) is 47.6 Å². The Morgan fingerprint density at radius 3 is 1.41 bits per heavy atom. The number of hydrogen-bond donors (Lipinski definition) is 5. The summed E-state index contributed by atoms with van der Waals surface area (Å²) in [6.07, 6.45) is 0. The second-order valence-electron chi connectivity index (χ2n) is 6.82. The van der Waals surface area contributed by atoms with Crippen molar-refractivity contribution in [2.24, 2.45) is 11.8 Å². The van der Waals surface area contributed by atoms with E-state index in [2.05, 4.69) is 21.3 Å². The minimum atomic E-state index is -1.19. The molecule has 4 amide bonds. The Morgan fingerprint density at radius 1 is 0.690 bits per heavy atom. The lowest BCUT2D eigenvalue weighted by Gasteiger charge is -2.11. The molecular formula is C18H32N4O7. The molecule has 0 rings (SSSR count). The zero-order valence-corrected chi connectivity index (χ0v) is 17.8. The molecule has 0 fully saturated rings. The van der Waals surface area contributed by atoms with Crippen LogP contribution >= 0.6 is 0 Å². The van der Waals surface area contributed by atoms with E-state index in [-0.39, 0.29) is 36.6 Å². The molecule has 1 unspecified atom stereocenters. The highest BCUT2D eigenvalue weighted by molar-refractivity contribution is 5.91. The predicted molar refractivity (Wildman–Crippen MR) is 105 cm³/mol. The van der Waals surface area contributed by atoms with Gasteiger partial charge in [-0.05, 0) is 13.8 Å². The maximum absolute atomic E-state index is 11.4. The zero-order chi connectivity index (χ0) is 23.1. The molecule has 0 radical (unpaired) electrons. The maximum atomic E-state index is 11.4. The first-order valence-electron chi connectivity index (χ1n) is 9.11. The van der Waals surface area contributed by atoms with Crippen molar-refractivity contribution in [2.75, 3.05) is 19.6 Å². The Balaban J connectivity index is 0. The van der Waals surface area contributed by atoms with Gasteiger partial charge in [-0.2, -0.15) is 0 Å². The first-order valence-corrected chi connectivity index (χ1v) is 9.11. The van der Waals surface area contributed by atoms with Gasteiger partial charge >= 0.3 is 5.97 Å². The number of amides is 4. The average Bonchev–Trinajstić information content (AvgIpc) is 2.62. The normalized spacial score (nSPS) is 10.9. The van der Waals surface area contributed by atoms with Crippen LogP contribution in [-0.4, -0.2) is 66.2 Å². The summed E-state index contributed by atoms with van der Waals surface area (Å²) in [5.41, 5.74) is 0. The molecule has 0 aliphatic heterocycles. The fraction of sp³-hybridized carbons (Fsp3) is 0.667. The van der Waals surface area contributed by atoms with E-state index in [1.54, 1.807) is 20.8 Å². The molecule has 0 saturated heterocycles. The number of aliphatic carboxylic acids is 1. The molecule has 0 aliphatic carbocycles. The lowest BCUT2D eigenvalue weighted by atomic mass is 10.1. The largest absolute Gasteiger partial charge is 0.480 e. The van der Waals surface area contributed by atoms with Crippen LogP contribution in [0.2, 0.25) is 0 Å². The van der Waals surface area contributed by atoms with Gasteiger partial charge in [-0.3, -0.25) is 28.8 Å². The van der Waals surface area contributed by atoms with Gasteiger partial charge in [0.1, 0.15) is 11.8 Å². The van der Waals surface area contributed by atoms with Crippen molar-refractivity contribution in [3.63, 3.8) is 0 Å². The molecule has 0 saturated carbocycles. The fourth-order valence-corrected chi connectivity index (χ4v) is 1.21. The Labute approximate surface area is 170 Å². The van der Waals surface area contributed by atoms with Crippen LogP contribution in [0.5, 0.6) is 0 Å². The van der Waals surface area contributed by atoms with Gasteiger partial charge in [0.05, 0.1) is 19.6 Å².